The number of hydrogen-bond donors (Lipinski definition) is 0. The summed E-state index contributed by atoms with van der Waals surface area (Å²) in [7, 11) is 0. The Labute approximate surface area is 330 Å². The number of hydrogen-bond acceptors (Lipinski definition) is 1. The quantitative estimate of drug-likeness (QED) is 0.154. The van der Waals surface area contributed by atoms with Crippen molar-refractivity contribution in [1.29, 1.82) is 0 Å². The van der Waals surface area contributed by atoms with Gasteiger partial charge >= 0.3 is 0 Å². The molecule has 0 spiro atoms. The van der Waals surface area contributed by atoms with Crippen LogP contribution < -0.4 is 0 Å². The lowest BCUT2D eigenvalue weighted by molar-refractivity contribution is 0.805. The summed E-state index contributed by atoms with van der Waals surface area (Å²) in [6.45, 7) is 0. The molecule has 0 aliphatic heterocycles. The van der Waals surface area contributed by atoms with Gasteiger partial charge in [0.15, 0.2) is 0 Å². The number of rotatable bonds is 7. The molecule has 9 aromatic carbocycles. The molecule has 0 radical (unpaired) electrons. The molecule has 0 fully saturated rings. The number of fused-ring (bicyclic) bond motifs is 8. The highest BCUT2D eigenvalue weighted by Gasteiger charge is 2.18. The summed E-state index contributed by atoms with van der Waals surface area (Å²) in [5.41, 5.74) is 12.6. The molecular weight excluding hydrogens is 695 g/mol. The predicted octanol–water partition coefficient (Wildman–Crippen LogP) is 15.0. The third-order valence-corrected chi connectivity index (χ3v) is 12.7. The second-order valence-corrected chi connectivity index (χ2v) is 16.0. The van der Waals surface area contributed by atoms with Crippen molar-refractivity contribution < 1.29 is 0 Å². The lowest BCUT2D eigenvalue weighted by atomic mass is 9.85. The fraction of sp³-hybridized carbons (Fsp3) is 0.0370. The Morgan fingerprint density at radius 2 is 0.964 bits per heavy atom. The molecule has 2 heterocycles. The average Bonchev–Trinajstić information content (AvgIpc) is 3.81. The van der Waals surface area contributed by atoms with Gasteiger partial charge in [-0.05, 0) is 105 Å². The van der Waals surface area contributed by atoms with Crippen LogP contribution in [0.5, 0.6) is 0 Å². The first-order valence-electron chi connectivity index (χ1n) is 19.4. The molecule has 0 saturated carbocycles. The van der Waals surface area contributed by atoms with Crippen LogP contribution >= 0.6 is 11.3 Å². The van der Waals surface area contributed by atoms with Gasteiger partial charge in [-0.15, -0.1) is 11.3 Å². The molecule has 2 aromatic heterocycles. The van der Waals surface area contributed by atoms with Crippen LogP contribution in [0.4, 0.5) is 0 Å². The molecular formula is C54H37NS. The van der Waals surface area contributed by atoms with E-state index in [2.05, 4.69) is 211 Å². The zero-order valence-electron chi connectivity index (χ0n) is 30.8. The van der Waals surface area contributed by atoms with Gasteiger partial charge in [0.05, 0.1) is 11.0 Å². The van der Waals surface area contributed by atoms with Crippen LogP contribution in [0.15, 0.2) is 206 Å². The summed E-state index contributed by atoms with van der Waals surface area (Å²) >= 11 is 1.88. The van der Waals surface area contributed by atoms with E-state index in [-0.39, 0.29) is 0 Å². The smallest absolute Gasteiger partial charge is 0.0547 e. The fourth-order valence-electron chi connectivity index (χ4n) is 8.82. The fourth-order valence-corrected chi connectivity index (χ4v) is 9.96. The summed E-state index contributed by atoms with van der Waals surface area (Å²) < 4.78 is 5.10. The van der Waals surface area contributed by atoms with Gasteiger partial charge in [-0.3, -0.25) is 0 Å². The van der Waals surface area contributed by atoms with Crippen LogP contribution in [0.2, 0.25) is 0 Å². The zero-order valence-corrected chi connectivity index (χ0v) is 31.6. The molecule has 11 aromatic rings. The SMILES string of the molecule is c1ccc(C(Cc2ccc(-c3ccc(-c4ccc5c(c4)c4c6cc7c(cc6ccc4n5-c4ccccc4)sc4ccccc47)cc3)cc2)c2ccccc2)cc1. The highest BCUT2D eigenvalue weighted by Crippen LogP contribution is 2.43. The van der Waals surface area contributed by atoms with Crippen LogP contribution in [0, 0.1) is 0 Å². The molecule has 0 aliphatic carbocycles. The van der Waals surface area contributed by atoms with Crippen molar-refractivity contribution in [3.63, 3.8) is 0 Å². The lowest BCUT2D eigenvalue weighted by Crippen LogP contribution is -2.05. The maximum atomic E-state index is 2.44. The topological polar surface area (TPSA) is 4.93 Å². The van der Waals surface area contributed by atoms with Crippen molar-refractivity contribution in [3.8, 4) is 27.9 Å². The molecule has 0 amide bonds. The Morgan fingerprint density at radius 1 is 0.393 bits per heavy atom. The predicted molar refractivity (Wildman–Crippen MR) is 240 cm³/mol. The molecule has 0 bridgehead atoms. The van der Waals surface area contributed by atoms with Gasteiger partial charge in [-0.1, -0.05) is 158 Å². The molecule has 0 unspecified atom stereocenters. The third-order valence-electron chi connectivity index (χ3n) is 11.6. The Morgan fingerprint density at radius 3 is 1.66 bits per heavy atom. The van der Waals surface area contributed by atoms with Gasteiger partial charge in [0.25, 0.3) is 0 Å². The largest absolute Gasteiger partial charge is 0.309 e. The van der Waals surface area contributed by atoms with E-state index in [9.17, 15) is 0 Å². The Balaban J connectivity index is 0.969. The Bertz CT molecular complexity index is 3140. The van der Waals surface area contributed by atoms with Gasteiger partial charge in [-0.2, -0.15) is 0 Å². The van der Waals surface area contributed by atoms with E-state index < -0.39 is 0 Å². The summed E-state index contributed by atoms with van der Waals surface area (Å²) in [5.74, 6) is 0.316. The first-order valence-corrected chi connectivity index (χ1v) is 20.2. The number of benzene rings is 9. The third kappa shape index (κ3) is 5.61. The van der Waals surface area contributed by atoms with Gasteiger partial charge in [0, 0.05) is 42.6 Å². The second kappa shape index (κ2) is 13.5. The average molecular weight is 732 g/mol. The number of nitrogens with zero attached hydrogens (tertiary/aromatic N) is 1. The minimum absolute atomic E-state index is 0.316. The summed E-state index contributed by atoms with van der Waals surface area (Å²) in [5, 5.41) is 7.82. The van der Waals surface area contributed by atoms with Crippen molar-refractivity contribution in [2.75, 3.05) is 0 Å². The number of thiophene rings is 1. The molecule has 264 valence electrons. The van der Waals surface area contributed by atoms with Crippen LogP contribution in [-0.4, -0.2) is 4.57 Å². The maximum Gasteiger partial charge on any atom is 0.0547 e. The van der Waals surface area contributed by atoms with Gasteiger partial charge in [-0.25, -0.2) is 0 Å². The van der Waals surface area contributed by atoms with E-state index in [0.717, 1.165) is 6.42 Å². The minimum Gasteiger partial charge on any atom is -0.309 e. The molecule has 56 heavy (non-hydrogen) atoms. The first kappa shape index (κ1) is 32.7. The van der Waals surface area contributed by atoms with Crippen LogP contribution in [0.25, 0.3) is 80.7 Å². The molecule has 0 N–H and O–H groups in total. The van der Waals surface area contributed by atoms with Crippen molar-refractivity contribution in [2.45, 2.75) is 12.3 Å². The van der Waals surface area contributed by atoms with Crippen LogP contribution in [0.3, 0.4) is 0 Å². The standard InChI is InChI=1S/C54H37NS/c1-4-12-40(13-5-1)46(41-14-6-2-7-15-41)32-36-20-22-37(23-21-36)38-24-26-39(27-25-38)42-28-30-50-49(33-42)54-47-35-48-45-18-10-11-19-52(45)56-53(48)34-43(47)29-31-51(54)55(50)44-16-8-3-9-17-44/h1-31,33-35,46H,32H2. The van der Waals surface area contributed by atoms with Gasteiger partial charge in [0.2, 0.25) is 0 Å². The van der Waals surface area contributed by atoms with Crippen LogP contribution in [-0.2, 0) is 6.42 Å². The van der Waals surface area contributed by atoms with Crippen molar-refractivity contribution >= 4 is 64.1 Å². The number of para-hydroxylation sites is 1. The Kier molecular flexibility index (Phi) is 7.89. The van der Waals surface area contributed by atoms with E-state index in [1.165, 1.54) is 97.4 Å². The Hall–Kier alpha value is -6.74. The van der Waals surface area contributed by atoms with Crippen molar-refractivity contribution in [1.82, 2.24) is 4.57 Å². The monoisotopic (exact) mass is 731 g/mol. The summed E-state index contributed by atoms with van der Waals surface area (Å²) in [6, 6.07) is 76.0. The molecule has 0 aliphatic rings. The highest BCUT2D eigenvalue weighted by atomic mass is 32.1. The first-order chi connectivity index (χ1) is 27.7. The van der Waals surface area contributed by atoms with Crippen LogP contribution in [0.1, 0.15) is 22.6 Å². The number of aromatic nitrogens is 1. The van der Waals surface area contributed by atoms with Crippen molar-refractivity contribution in [2.24, 2.45) is 0 Å². The molecule has 0 saturated heterocycles. The molecule has 2 heteroatoms. The summed E-state index contributed by atoms with van der Waals surface area (Å²) in [6.07, 6.45) is 0.959. The highest BCUT2D eigenvalue weighted by molar-refractivity contribution is 7.25. The van der Waals surface area contributed by atoms with E-state index in [0.29, 0.717) is 5.92 Å². The minimum atomic E-state index is 0.316. The molecule has 1 nitrogen and oxygen atoms in total. The van der Waals surface area contributed by atoms with Gasteiger partial charge < -0.3 is 4.57 Å². The summed E-state index contributed by atoms with van der Waals surface area (Å²) in [4.78, 5) is 0. The van der Waals surface area contributed by atoms with E-state index >= 15 is 0 Å². The zero-order chi connectivity index (χ0) is 37.0. The second-order valence-electron chi connectivity index (χ2n) is 14.9. The van der Waals surface area contributed by atoms with E-state index in [4.69, 9.17) is 0 Å². The normalized spacial score (nSPS) is 11.8. The van der Waals surface area contributed by atoms with E-state index in [1.807, 2.05) is 11.3 Å². The van der Waals surface area contributed by atoms with E-state index in [1.54, 1.807) is 0 Å². The molecule has 0 atom stereocenters. The van der Waals surface area contributed by atoms with Crippen molar-refractivity contribution in [3.05, 3.63) is 223 Å². The van der Waals surface area contributed by atoms with Gasteiger partial charge in [0.1, 0.15) is 0 Å². The lowest BCUT2D eigenvalue weighted by Gasteiger charge is -2.18. The molecule has 11 rings (SSSR count). The maximum absolute atomic E-state index is 2.44.